The highest BCUT2D eigenvalue weighted by Gasteiger charge is 2.08. The van der Waals surface area contributed by atoms with Gasteiger partial charge >= 0.3 is 0 Å². The predicted molar refractivity (Wildman–Crippen MR) is 87.4 cm³/mol. The number of nitrogens with one attached hydrogen (secondary N) is 1. The van der Waals surface area contributed by atoms with Crippen LogP contribution in [-0.2, 0) is 0 Å². The van der Waals surface area contributed by atoms with Crippen LogP contribution in [0.1, 0.15) is 26.2 Å². The highest BCUT2D eigenvalue weighted by atomic mass is 31.1. The van der Waals surface area contributed by atoms with Gasteiger partial charge in [0.1, 0.15) is 0 Å². The third-order valence-electron chi connectivity index (χ3n) is 3.19. The molecule has 0 spiro atoms. The van der Waals surface area contributed by atoms with Gasteiger partial charge in [-0.2, -0.15) is 0 Å². The van der Waals surface area contributed by atoms with E-state index in [1.165, 1.54) is 6.42 Å². The molecule has 0 radical (unpaired) electrons. The number of rotatable bonds is 11. The minimum atomic E-state index is -0.754. The molecule has 1 unspecified atom stereocenters. The van der Waals surface area contributed by atoms with Crippen molar-refractivity contribution in [1.82, 2.24) is 10.2 Å². The number of nitrogens with two attached hydrogens (primary N) is 2. The summed E-state index contributed by atoms with van der Waals surface area (Å²) in [6, 6.07) is 0. The zero-order valence-corrected chi connectivity index (χ0v) is 13.2. The molecule has 0 rings (SSSR count). The molecule has 0 amide bonds. The summed E-state index contributed by atoms with van der Waals surface area (Å²) in [4.78, 5) is 2.08. The molecule has 4 nitrogen and oxygen atoms in total. The second kappa shape index (κ2) is 11.0. The third-order valence-corrected chi connectivity index (χ3v) is 3.97. The first-order valence-electron chi connectivity index (χ1n) is 6.73. The molecule has 0 aliphatic carbocycles. The highest BCUT2D eigenvalue weighted by Crippen LogP contribution is 2.22. The largest absolute Gasteiger partial charge is 0.389 e. The van der Waals surface area contributed by atoms with Crippen molar-refractivity contribution in [3.05, 3.63) is 37.3 Å². The Labute approximate surface area is 119 Å². The molecule has 0 fully saturated rings. The summed E-state index contributed by atoms with van der Waals surface area (Å²) in [5.74, 6) is 0.681. The van der Waals surface area contributed by atoms with Crippen LogP contribution >= 0.6 is 8.22 Å². The Kier molecular flexibility index (Phi) is 10.6. The average molecular weight is 284 g/mol. The third kappa shape index (κ3) is 9.71. The van der Waals surface area contributed by atoms with Crippen LogP contribution in [0, 0.1) is 5.92 Å². The minimum Gasteiger partial charge on any atom is -0.389 e. The van der Waals surface area contributed by atoms with Crippen molar-refractivity contribution >= 4 is 8.22 Å². The summed E-state index contributed by atoms with van der Waals surface area (Å²) in [5, 5.41) is 2.99. The van der Waals surface area contributed by atoms with Gasteiger partial charge in [0.15, 0.2) is 0 Å². The SMILES string of the molecule is C=CN(/C=C\C(=C)NC)CCC(CC)CCP(N)N. The van der Waals surface area contributed by atoms with Gasteiger partial charge in [-0.1, -0.05) is 26.5 Å². The second-order valence-corrected chi connectivity index (χ2v) is 6.08. The Morgan fingerprint density at radius 3 is 2.58 bits per heavy atom. The summed E-state index contributed by atoms with van der Waals surface area (Å²) in [5.41, 5.74) is 12.2. The van der Waals surface area contributed by atoms with Crippen LogP contribution in [-0.4, -0.2) is 24.7 Å². The molecule has 1 atom stereocenters. The molecule has 0 aromatic heterocycles. The molecule has 0 saturated heterocycles. The second-order valence-electron chi connectivity index (χ2n) is 4.60. The molecule has 0 aliphatic rings. The van der Waals surface area contributed by atoms with Crippen LogP contribution in [0.15, 0.2) is 37.3 Å². The predicted octanol–water partition coefficient (Wildman–Crippen LogP) is 2.71. The molecule has 0 heterocycles. The van der Waals surface area contributed by atoms with Crippen molar-refractivity contribution < 1.29 is 0 Å². The van der Waals surface area contributed by atoms with E-state index in [0.717, 1.165) is 31.2 Å². The smallest absolute Gasteiger partial charge is 0.0281 e. The zero-order chi connectivity index (χ0) is 14.7. The summed E-state index contributed by atoms with van der Waals surface area (Å²) >= 11 is 0. The molecule has 0 bridgehead atoms. The van der Waals surface area contributed by atoms with Gasteiger partial charge in [-0.25, -0.2) is 0 Å². The Morgan fingerprint density at radius 2 is 2.11 bits per heavy atom. The van der Waals surface area contributed by atoms with Gasteiger partial charge in [0.05, 0.1) is 0 Å². The Hall–Kier alpha value is -0.830. The fourth-order valence-electron chi connectivity index (χ4n) is 1.71. The lowest BCUT2D eigenvalue weighted by molar-refractivity contribution is 0.386. The summed E-state index contributed by atoms with van der Waals surface area (Å²) in [7, 11) is 1.10. The topological polar surface area (TPSA) is 67.3 Å². The van der Waals surface area contributed by atoms with E-state index in [1.54, 1.807) is 0 Å². The average Bonchev–Trinajstić information content (AvgIpc) is 2.41. The first kappa shape index (κ1) is 18.2. The van der Waals surface area contributed by atoms with Gasteiger partial charge in [0.2, 0.25) is 0 Å². The van der Waals surface area contributed by atoms with Gasteiger partial charge in [-0.05, 0) is 37.2 Å². The summed E-state index contributed by atoms with van der Waals surface area (Å²) in [6.45, 7) is 10.9. The first-order chi connectivity index (χ1) is 9.03. The molecule has 0 aromatic carbocycles. The van der Waals surface area contributed by atoms with E-state index in [9.17, 15) is 0 Å². The zero-order valence-electron chi connectivity index (χ0n) is 12.3. The lowest BCUT2D eigenvalue weighted by Gasteiger charge is -2.20. The number of nitrogens with zero attached hydrogens (tertiary/aromatic N) is 1. The van der Waals surface area contributed by atoms with E-state index in [1.807, 2.05) is 25.5 Å². The molecular formula is C14H29N4P. The van der Waals surface area contributed by atoms with Crippen molar-refractivity contribution in [3.8, 4) is 0 Å². The van der Waals surface area contributed by atoms with Gasteiger partial charge in [-0.15, -0.1) is 0 Å². The Balaban J connectivity index is 4.12. The molecular weight excluding hydrogens is 255 g/mol. The Morgan fingerprint density at radius 1 is 1.42 bits per heavy atom. The van der Waals surface area contributed by atoms with E-state index in [2.05, 4.69) is 30.3 Å². The van der Waals surface area contributed by atoms with Crippen molar-refractivity contribution in [2.24, 2.45) is 16.9 Å². The maximum absolute atomic E-state index is 5.66. The van der Waals surface area contributed by atoms with Gasteiger partial charge in [0.25, 0.3) is 0 Å². The summed E-state index contributed by atoms with van der Waals surface area (Å²) in [6.07, 6.45) is 10.1. The molecule has 0 aliphatic heterocycles. The van der Waals surface area contributed by atoms with Crippen LogP contribution in [0.25, 0.3) is 0 Å². The van der Waals surface area contributed by atoms with E-state index in [0.29, 0.717) is 5.92 Å². The highest BCUT2D eigenvalue weighted by molar-refractivity contribution is 7.52. The molecule has 19 heavy (non-hydrogen) atoms. The maximum Gasteiger partial charge on any atom is 0.0281 e. The Bertz CT molecular complexity index is 289. The van der Waals surface area contributed by atoms with Crippen LogP contribution in [0.4, 0.5) is 0 Å². The monoisotopic (exact) mass is 284 g/mol. The van der Waals surface area contributed by atoms with Gasteiger partial charge in [-0.3, -0.25) is 11.0 Å². The lowest BCUT2D eigenvalue weighted by Crippen LogP contribution is -2.16. The van der Waals surface area contributed by atoms with Gasteiger partial charge in [0, 0.05) is 33.7 Å². The maximum atomic E-state index is 5.66. The van der Waals surface area contributed by atoms with Crippen LogP contribution < -0.4 is 16.3 Å². The van der Waals surface area contributed by atoms with Crippen molar-refractivity contribution in [2.75, 3.05) is 19.8 Å². The number of hydrogen-bond acceptors (Lipinski definition) is 4. The van der Waals surface area contributed by atoms with Crippen LogP contribution in [0.5, 0.6) is 0 Å². The molecule has 5 heteroatoms. The molecule has 5 N–H and O–H groups in total. The number of allylic oxidation sites excluding steroid dienone is 1. The summed E-state index contributed by atoms with van der Waals surface area (Å²) < 4.78 is 0. The number of likely N-dealkylation sites (N-methyl/N-ethyl adjacent to an activating group) is 1. The van der Waals surface area contributed by atoms with E-state index < -0.39 is 8.22 Å². The molecule has 0 aromatic rings. The molecule has 110 valence electrons. The van der Waals surface area contributed by atoms with Crippen molar-refractivity contribution in [2.45, 2.75) is 26.2 Å². The van der Waals surface area contributed by atoms with Crippen molar-refractivity contribution in [3.63, 3.8) is 0 Å². The quantitative estimate of drug-likeness (QED) is 0.403. The standard InChI is InChI=1S/C14H29N4P/c1-5-14(9-12-19(15)16)8-11-18(6-2)10-7-13(3)17-4/h6-7,10,14,17H,2-3,5,8-9,11-12,15-16H2,1,4H3/b10-7-. The fourth-order valence-corrected chi connectivity index (χ4v) is 2.37. The normalized spacial score (nSPS) is 12.7. The minimum absolute atomic E-state index is 0.681. The number of hydrogen-bond donors (Lipinski definition) is 3. The van der Waals surface area contributed by atoms with Crippen LogP contribution in [0.3, 0.4) is 0 Å². The first-order valence-corrected chi connectivity index (χ1v) is 8.40. The van der Waals surface area contributed by atoms with Crippen molar-refractivity contribution in [1.29, 1.82) is 0 Å². The van der Waals surface area contributed by atoms with Crippen LogP contribution in [0.2, 0.25) is 0 Å². The fraction of sp³-hybridized carbons (Fsp3) is 0.571. The van der Waals surface area contributed by atoms with Gasteiger partial charge < -0.3 is 10.2 Å². The van der Waals surface area contributed by atoms with E-state index in [4.69, 9.17) is 11.0 Å². The molecule has 0 saturated carbocycles. The van der Waals surface area contributed by atoms with E-state index in [-0.39, 0.29) is 0 Å². The lowest BCUT2D eigenvalue weighted by atomic mass is 9.99. The van der Waals surface area contributed by atoms with E-state index >= 15 is 0 Å².